The van der Waals surface area contributed by atoms with E-state index in [1.807, 2.05) is 0 Å². The molecule has 2 heteroatoms. The summed E-state index contributed by atoms with van der Waals surface area (Å²) in [5.74, 6) is 1.89. The van der Waals surface area contributed by atoms with E-state index in [4.69, 9.17) is 0 Å². The van der Waals surface area contributed by atoms with Gasteiger partial charge in [0.1, 0.15) is 0 Å². The van der Waals surface area contributed by atoms with E-state index in [9.17, 15) is 0 Å². The van der Waals surface area contributed by atoms with Crippen LogP contribution in [-0.2, 0) is 0 Å². The van der Waals surface area contributed by atoms with Crippen LogP contribution in [0.1, 0.15) is 46.0 Å². The van der Waals surface area contributed by atoms with Gasteiger partial charge < -0.3 is 5.32 Å². The molecule has 4 atom stereocenters. The Morgan fingerprint density at radius 2 is 2.06 bits per heavy atom. The van der Waals surface area contributed by atoms with E-state index in [1.165, 1.54) is 45.2 Å². The lowest BCUT2D eigenvalue weighted by Crippen LogP contribution is -2.51. The van der Waals surface area contributed by atoms with E-state index in [0.717, 1.165) is 23.9 Å². The largest absolute Gasteiger partial charge is 0.315 e. The molecule has 0 aromatic carbocycles. The van der Waals surface area contributed by atoms with Crippen LogP contribution in [-0.4, -0.2) is 37.1 Å². The Kier molecular flexibility index (Phi) is 4.26. The molecule has 16 heavy (non-hydrogen) atoms. The number of hydrogen-bond donors (Lipinski definition) is 1. The van der Waals surface area contributed by atoms with E-state index in [1.54, 1.807) is 0 Å². The molecule has 2 aliphatic rings. The molecule has 4 unspecified atom stereocenters. The van der Waals surface area contributed by atoms with Crippen molar-refractivity contribution < 1.29 is 0 Å². The predicted octanol–water partition coefficient (Wildman–Crippen LogP) is 2.49. The molecule has 2 nitrogen and oxygen atoms in total. The van der Waals surface area contributed by atoms with Crippen LogP contribution in [0, 0.1) is 11.8 Å². The highest BCUT2D eigenvalue weighted by Crippen LogP contribution is 2.32. The zero-order valence-electron chi connectivity index (χ0n) is 11.2. The molecule has 1 heterocycles. The van der Waals surface area contributed by atoms with Crippen molar-refractivity contribution in [2.45, 2.75) is 58.0 Å². The second kappa shape index (κ2) is 5.50. The van der Waals surface area contributed by atoms with Crippen LogP contribution >= 0.6 is 0 Å². The molecule has 0 spiro atoms. The van der Waals surface area contributed by atoms with Crippen molar-refractivity contribution in [1.29, 1.82) is 0 Å². The minimum Gasteiger partial charge on any atom is -0.315 e. The number of nitrogens with zero attached hydrogens (tertiary/aromatic N) is 1. The predicted molar refractivity (Wildman–Crippen MR) is 69.6 cm³/mol. The van der Waals surface area contributed by atoms with Crippen molar-refractivity contribution in [3.8, 4) is 0 Å². The molecule has 1 N–H and O–H groups in total. The lowest BCUT2D eigenvalue weighted by molar-refractivity contribution is 0.117. The first-order valence-electron chi connectivity index (χ1n) is 7.15. The third-order valence-electron chi connectivity index (χ3n) is 4.80. The van der Waals surface area contributed by atoms with Gasteiger partial charge in [-0.1, -0.05) is 20.3 Å². The zero-order chi connectivity index (χ0) is 11.5. The highest BCUT2D eigenvalue weighted by atomic mass is 15.2. The average Bonchev–Trinajstić information content (AvgIpc) is 2.75. The minimum absolute atomic E-state index is 0.744. The molecule has 0 aromatic rings. The summed E-state index contributed by atoms with van der Waals surface area (Å²) in [5, 5.41) is 3.55. The Balaban J connectivity index is 1.97. The quantitative estimate of drug-likeness (QED) is 0.792. The Labute approximate surface area is 101 Å². The monoisotopic (exact) mass is 224 g/mol. The van der Waals surface area contributed by atoms with Crippen molar-refractivity contribution in [3.05, 3.63) is 0 Å². The van der Waals surface area contributed by atoms with Gasteiger partial charge >= 0.3 is 0 Å². The SMILES string of the molecule is CCC1CCC(NC)C(N2CCC(C)C2)C1. The van der Waals surface area contributed by atoms with Gasteiger partial charge in [0, 0.05) is 18.6 Å². The number of rotatable bonds is 3. The summed E-state index contributed by atoms with van der Waals surface area (Å²) in [5.41, 5.74) is 0. The van der Waals surface area contributed by atoms with Crippen molar-refractivity contribution in [2.24, 2.45) is 11.8 Å². The molecule has 1 aliphatic carbocycles. The summed E-state index contributed by atoms with van der Waals surface area (Å²) in [7, 11) is 2.14. The number of likely N-dealkylation sites (tertiary alicyclic amines) is 1. The lowest BCUT2D eigenvalue weighted by atomic mass is 9.80. The van der Waals surface area contributed by atoms with Crippen molar-refractivity contribution in [2.75, 3.05) is 20.1 Å². The first-order chi connectivity index (χ1) is 7.74. The number of hydrogen-bond acceptors (Lipinski definition) is 2. The fourth-order valence-electron chi connectivity index (χ4n) is 3.61. The fourth-order valence-corrected chi connectivity index (χ4v) is 3.61. The van der Waals surface area contributed by atoms with Crippen LogP contribution < -0.4 is 5.32 Å². The van der Waals surface area contributed by atoms with Crippen molar-refractivity contribution >= 4 is 0 Å². The molecular weight excluding hydrogens is 196 g/mol. The van der Waals surface area contributed by atoms with E-state index < -0.39 is 0 Å². The molecular formula is C14H28N2. The first-order valence-corrected chi connectivity index (χ1v) is 7.15. The van der Waals surface area contributed by atoms with Gasteiger partial charge in [0.15, 0.2) is 0 Å². The second-order valence-electron chi connectivity index (χ2n) is 5.94. The summed E-state index contributed by atoms with van der Waals surface area (Å²) < 4.78 is 0. The summed E-state index contributed by atoms with van der Waals surface area (Å²) in [6.45, 7) is 7.42. The maximum absolute atomic E-state index is 3.55. The molecule has 1 saturated carbocycles. The summed E-state index contributed by atoms with van der Waals surface area (Å²) in [4.78, 5) is 2.76. The topological polar surface area (TPSA) is 15.3 Å². The molecule has 1 saturated heterocycles. The van der Waals surface area contributed by atoms with Gasteiger partial charge in [0.25, 0.3) is 0 Å². The average molecular weight is 224 g/mol. The molecule has 0 radical (unpaired) electrons. The van der Waals surface area contributed by atoms with Gasteiger partial charge in [0.05, 0.1) is 0 Å². The van der Waals surface area contributed by atoms with E-state index in [0.29, 0.717) is 0 Å². The Hall–Kier alpha value is -0.0800. The normalized spacial score (nSPS) is 41.4. The summed E-state index contributed by atoms with van der Waals surface area (Å²) in [6.07, 6.45) is 7.02. The van der Waals surface area contributed by atoms with Crippen molar-refractivity contribution in [1.82, 2.24) is 10.2 Å². The van der Waals surface area contributed by atoms with Gasteiger partial charge in [0.2, 0.25) is 0 Å². The van der Waals surface area contributed by atoms with Crippen LogP contribution in [0.2, 0.25) is 0 Å². The van der Waals surface area contributed by atoms with Crippen molar-refractivity contribution in [3.63, 3.8) is 0 Å². The van der Waals surface area contributed by atoms with Gasteiger partial charge in [-0.05, 0) is 51.1 Å². The van der Waals surface area contributed by atoms with Gasteiger partial charge in [-0.25, -0.2) is 0 Å². The highest BCUT2D eigenvalue weighted by molar-refractivity contribution is 4.92. The zero-order valence-corrected chi connectivity index (χ0v) is 11.2. The smallest absolute Gasteiger partial charge is 0.0251 e. The molecule has 1 aliphatic heterocycles. The number of nitrogens with one attached hydrogen (secondary N) is 1. The van der Waals surface area contributed by atoms with E-state index in [2.05, 4.69) is 31.1 Å². The third kappa shape index (κ3) is 2.60. The minimum atomic E-state index is 0.744. The summed E-state index contributed by atoms with van der Waals surface area (Å²) >= 11 is 0. The standard InChI is InChI=1S/C14H28N2/c1-4-12-5-6-13(15-3)14(9-12)16-8-7-11(2)10-16/h11-15H,4-10H2,1-3H3. The van der Waals surface area contributed by atoms with Gasteiger partial charge in [-0.15, -0.1) is 0 Å². The van der Waals surface area contributed by atoms with Crippen LogP contribution in [0.3, 0.4) is 0 Å². The first kappa shape index (κ1) is 12.4. The molecule has 0 bridgehead atoms. The van der Waals surface area contributed by atoms with Gasteiger partial charge in [-0.2, -0.15) is 0 Å². The van der Waals surface area contributed by atoms with E-state index in [-0.39, 0.29) is 0 Å². The molecule has 0 aromatic heterocycles. The molecule has 2 fully saturated rings. The molecule has 94 valence electrons. The second-order valence-corrected chi connectivity index (χ2v) is 5.94. The Bertz CT molecular complexity index is 217. The van der Waals surface area contributed by atoms with Gasteiger partial charge in [-0.3, -0.25) is 4.90 Å². The van der Waals surface area contributed by atoms with Crippen LogP contribution in [0.4, 0.5) is 0 Å². The molecule has 2 rings (SSSR count). The van der Waals surface area contributed by atoms with Crippen LogP contribution in [0.5, 0.6) is 0 Å². The third-order valence-corrected chi connectivity index (χ3v) is 4.80. The fraction of sp³-hybridized carbons (Fsp3) is 1.00. The lowest BCUT2D eigenvalue weighted by Gasteiger charge is -2.41. The Morgan fingerprint density at radius 1 is 1.25 bits per heavy atom. The van der Waals surface area contributed by atoms with Crippen LogP contribution in [0.15, 0.2) is 0 Å². The summed E-state index contributed by atoms with van der Waals surface area (Å²) in [6, 6.07) is 1.56. The van der Waals surface area contributed by atoms with Crippen LogP contribution in [0.25, 0.3) is 0 Å². The maximum Gasteiger partial charge on any atom is 0.0251 e. The Morgan fingerprint density at radius 3 is 2.62 bits per heavy atom. The molecule has 0 amide bonds. The number of likely N-dealkylation sites (N-methyl/N-ethyl adjacent to an activating group) is 1. The van der Waals surface area contributed by atoms with E-state index >= 15 is 0 Å². The maximum atomic E-state index is 3.55. The highest BCUT2D eigenvalue weighted by Gasteiger charge is 2.35.